The van der Waals surface area contributed by atoms with Crippen molar-refractivity contribution in [2.45, 2.75) is 6.42 Å². The van der Waals surface area contributed by atoms with E-state index < -0.39 is 75.2 Å². The summed E-state index contributed by atoms with van der Waals surface area (Å²) in [7, 11) is 4.20. The van der Waals surface area contributed by atoms with Crippen LogP contribution in [-0.4, -0.2) is 83.4 Å². The summed E-state index contributed by atoms with van der Waals surface area (Å²) in [6.45, 7) is 3.01. The highest BCUT2D eigenvalue weighted by molar-refractivity contribution is 6.30. The van der Waals surface area contributed by atoms with Crippen LogP contribution in [-0.2, 0) is 6.42 Å². The van der Waals surface area contributed by atoms with Gasteiger partial charge in [0, 0.05) is 42.7 Å². The Hall–Kier alpha value is -7.14. The minimum absolute atomic E-state index is 0.447. The van der Waals surface area contributed by atoms with Gasteiger partial charge in [0.2, 0.25) is 0 Å². The van der Waals surface area contributed by atoms with Crippen molar-refractivity contribution in [2.24, 2.45) is 0 Å². The number of nitro groups is 6. The van der Waals surface area contributed by atoms with Crippen molar-refractivity contribution in [3.05, 3.63) is 144 Å². The average Bonchev–Trinajstić information content (AvgIpc) is 3.09. The van der Waals surface area contributed by atoms with Crippen molar-refractivity contribution in [1.82, 2.24) is 9.88 Å². The lowest BCUT2D eigenvalue weighted by Gasteiger charge is -2.26. The second kappa shape index (κ2) is 19.3. The van der Waals surface area contributed by atoms with Gasteiger partial charge in [0.05, 0.1) is 53.8 Å². The first-order valence-electron chi connectivity index (χ1n) is 14.5. The molecule has 23 nitrogen and oxygen atoms in total. The number of hydrogen-bond donors (Lipinski definition) is 2. The molecule has 4 rings (SSSR count). The van der Waals surface area contributed by atoms with Crippen LogP contribution >= 0.6 is 11.6 Å². The van der Waals surface area contributed by atoms with Gasteiger partial charge < -0.3 is 20.0 Å². The lowest BCUT2D eigenvalue weighted by atomic mass is 10.2. The lowest BCUT2D eigenvalue weighted by molar-refractivity contribution is -0.404. The van der Waals surface area contributed by atoms with Crippen LogP contribution in [0.3, 0.4) is 0 Å². The van der Waals surface area contributed by atoms with Gasteiger partial charge in [-0.05, 0) is 62.5 Å². The van der Waals surface area contributed by atoms with E-state index in [0.717, 1.165) is 31.1 Å². The molecule has 0 radical (unpaired) electrons. The first-order chi connectivity index (χ1) is 24.8. The van der Waals surface area contributed by atoms with Gasteiger partial charge in [-0.1, -0.05) is 11.6 Å². The number of phenolic OH excluding ortho intramolecular Hbond substituents is 2. The van der Waals surface area contributed by atoms with Crippen LogP contribution in [0.25, 0.3) is 0 Å². The third-order valence-electron chi connectivity index (χ3n) is 6.75. The second-order valence-electron chi connectivity index (χ2n) is 10.6. The van der Waals surface area contributed by atoms with Crippen LogP contribution in [0.4, 0.5) is 39.8 Å². The SMILES string of the molecule is CN(C)CCN(CCc1ccncc1)c1ccc(Cl)cc1.O=[N+]([O-])c1cc([N+](=O)[O-])c(O)c([N+](=O)[O-])c1.O=[N+]([O-])c1cc([N+](=O)[O-])c(O)c([N+](=O)[O-])c1. The molecule has 0 amide bonds. The molecule has 53 heavy (non-hydrogen) atoms. The summed E-state index contributed by atoms with van der Waals surface area (Å²) in [6.07, 6.45) is 4.71. The quantitative estimate of drug-likeness (QED) is 0.124. The fourth-order valence-electron chi connectivity index (χ4n) is 4.10. The van der Waals surface area contributed by atoms with Gasteiger partial charge in [0.25, 0.3) is 22.9 Å². The number of anilines is 1. The molecule has 1 aromatic heterocycles. The van der Waals surface area contributed by atoms with E-state index in [1.807, 2.05) is 24.5 Å². The lowest BCUT2D eigenvalue weighted by Crippen LogP contribution is -2.33. The van der Waals surface area contributed by atoms with E-state index in [2.05, 4.69) is 53.1 Å². The fraction of sp³-hybridized carbons (Fsp3) is 0.207. The van der Waals surface area contributed by atoms with Crippen molar-refractivity contribution < 1.29 is 39.8 Å². The largest absolute Gasteiger partial charge is 0.497 e. The predicted molar refractivity (Wildman–Crippen MR) is 186 cm³/mol. The van der Waals surface area contributed by atoms with Gasteiger partial charge in [0.15, 0.2) is 0 Å². The predicted octanol–water partition coefficient (Wildman–Crippen LogP) is 5.58. The summed E-state index contributed by atoms with van der Waals surface area (Å²) >= 11 is 5.98. The molecule has 3 aromatic carbocycles. The minimum Gasteiger partial charge on any atom is -0.497 e. The number of nitrogens with zero attached hydrogens (tertiary/aromatic N) is 9. The number of aromatic nitrogens is 1. The van der Waals surface area contributed by atoms with Gasteiger partial charge >= 0.3 is 22.7 Å². The maximum absolute atomic E-state index is 10.4. The van der Waals surface area contributed by atoms with E-state index in [-0.39, 0.29) is 0 Å². The molecule has 0 saturated carbocycles. The Morgan fingerprint density at radius 2 is 0.962 bits per heavy atom. The van der Waals surface area contributed by atoms with Crippen LogP contribution in [0.15, 0.2) is 73.1 Å². The Morgan fingerprint density at radius 1 is 0.585 bits per heavy atom. The fourth-order valence-corrected chi connectivity index (χ4v) is 4.23. The normalized spacial score (nSPS) is 10.2. The Morgan fingerprint density at radius 3 is 1.28 bits per heavy atom. The number of likely N-dealkylation sites (N-methyl/N-ethyl adjacent to an activating group) is 1. The van der Waals surface area contributed by atoms with Crippen molar-refractivity contribution in [3.63, 3.8) is 0 Å². The monoisotopic (exact) mass is 761 g/mol. The van der Waals surface area contributed by atoms with Crippen molar-refractivity contribution in [2.75, 3.05) is 38.6 Å². The smallest absolute Gasteiger partial charge is 0.324 e. The third kappa shape index (κ3) is 12.6. The molecule has 1 heterocycles. The second-order valence-corrected chi connectivity index (χ2v) is 11.0. The van der Waals surface area contributed by atoms with Gasteiger partial charge in [-0.15, -0.1) is 0 Å². The van der Waals surface area contributed by atoms with Gasteiger partial charge in [0.1, 0.15) is 0 Å². The number of benzene rings is 3. The standard InChI is InChI=1S/C17H22ClN3.2C6H3N3O7/c1-20(2)13-14-21(17-5-3-16(18)4-6-17)12-9-15-7-10-19-11-8-15;2*10-6-4(8(13)14)1-3(7(11)12)2-5(6)9(15)16/h3-8,10-11H,9,12-14H2,1-2H3;2*1-2,10H. The Bertz CT molecular complexity index is 1820. The Labute approximate surface area is 301 Å². The summed E-state index contributed by atoms with van der Waals surface area (Å²) in [4.78, 5) is 64.2. The van der Waals surface area contributed by atoms with E-state index in [1.165, 1.54) is 11.3 Å². The number of nitro benzene ring substituents is 6. The third-order valence-corrected chi connectivity index (χ3v) is 7.00. The number of non-ortho nitro benzene ring substituents is 2. The zero-order chi connectivity index (χ0) is 40.0. The summed E-state index contributed by atoms with van der Waals surface area (Å²) in [6, 6.07) is 14.0. The number of pyridine rings is 1. The van der Waals surface area contributed by atoms with E-state index in [4.69, 9.17) is 21.8 Å². The number of rotatable bonds is 13. The van der Waals surface area contributed by atoms with Crippen LogP contribution in [0.5, 0.6) is 11.5 Å². The molecule has 24 heteroatoms. The van der Waals surface area contributed by atoms with Crippen molar-refractivity contribution in [3.8, 4) is 11.5 Å². The molecular formula is C29H28ClN9O14. The van der Waals surface area contributed by atoms with Crippen LogP contribution in [0.1, 0.15) is 5.56 Å². The Balaban J connectivity index is 0.000000279. The summed E-state index contributed by atoms with van der Waals surface area (Å²) in [5.74, 6) is -2.42. The molecule has 280 valence electrons. The number of hydrogen-bond acceptors (Lipinski definition) is 17. The first-order valence-corrected chi connectivity index (χ1v) is 14.9. The van der Waals surface area contributed by atoms with E-state index in [9.17, 15) is 60.7 Å². The van der Waals surface area contributed by atoms with E-state index in [1.54, 1.807) is 0 Å². The highest BCUT2D eigenvalue weighted by Gasteiger charge is 2.31. The highest BCUT2D eigenvalue weighted by Crippen LogP contribution is 2.40. The van der Waals surface area contributed by atoms with Crippen molar-refractivity contribution in [1.29, 1.82) is 0 Å². The number of aromatic hydroxyl groups is 2. The summed E-state index contributed by atoms with van der Waals surface area (Å²) in [5, 5.41) is 81.2. The van der Waals surface area contributed by atoms with E-state index >= 15 is 0 Å². The number of halogens is 1. The molecule has 0 fully saturated rings. The molecule has 0 aliphatic rings. The van der Waals surface area contributed by atoms with E-state index in [0.29, 0.717) is 24.3 Å². The average molecular weight is 762 g/mol. The maximum atomic E-state index is 10.4. The minimum atomic E-state index is -1.21. The number of phenols is 2. The zero-order valence-electron chi connectivity index (χ0n) is 27.5. The topological polar surface area (TPSA) is 319 Å². The van der Waals surface area contributed by atoms with Gasteiger partial charge in [-0.3, -0.25) is 65.7 Å². The molecule has 0 spiro atoms. The molecule has 0 aliphatic heterocycles. The highest BCUT2D eigenvalue weighted by atomic mass is 35.5. The molecule has 0 aliphatic carbocycles. The molecule has 2 N–H and O–H groups in total. The molecule has 0 atom stereocenters. The van der Waals surface area contributed by atoms with Gasteiger partial charge in [-0.25, -0.2) is 0 Å². The Kier molecular flexibility index (Phi) is 15.3. The molecule has 0 unspecified atom stereocenters. The molecular weight excluding hydrogens is 734 g/mol. The summed E-state index contributed by atoms with van der Waals surface area (Å²) in [5.41, 5.74) is -3.47. The van der Waals surface area contributed by atoms with Crippen LogP contribution in [0, 0.1) is 60.7 Å². The van der Waals surface area contributed by atoms with Crippen LogP contribution in [0.2, 0.25) is 5.02 Å². The van der Waals surface area contributed by atoms with Crippen LogP contribution < -0.4 is 4.90 Å². The maximum Gasteiger partial charge on any atom is 0.324 e. The molecule has 4 aromatic rings. The summed E-state index contributed by atoms with van der Waals surface area (Å²) < 4.78 is 0. The zero-order valence-corrected chi connectivity index (χ0v) is 28.2. The van der Waals surface area contributed by atoms with Crippen molar-refractivity contribution >= 4 is 51.4 Å². The molecule has 0 saturated heterocycles. The van der Waals surface area contributed by atoms with Gasteiger partial charge in [-0.2, -0.15) is 0 Å². The molecule has 0 bridgehead atoms. The first kappa shape index (κ1) is 42.0.